The van der Waals surface area contributed by atoms with Gasteiger partial charge in [0, 0.05) is 37.6 Å². The van der Waals surface area contributed by atoms with E-state index in [4.69, 9.17) is 4.74 Å². The first-order valence-corrected chi connectivity index (χ1v) is 16.3. The molecular weight excluding hydrogens is 566 g/mol. The summed E-state index contributed by atoms with van der Waals surface area (Å²) in [7, 11) is 0. The zero-order valence-corrected chi connectivity index (χ0v) is 26.9. The second-order valence-corrected chi connectivity index (χ2v) is 12.7. The number of likely N-dealkylation sites (tertiary alicyclic amines) is 1. The molecule has 2 aromatic carbocycles. The molecule has 3 amide bonds. The number of anilines is 2. The molecule has 0 radical (unpaired) electrons. The molecule has 0 aromatic heterocycles. The van der Waals surface area contributed by atoms with E-state index in [1.807, 2.05) is 69.3 Å². The molecule has 1 N–H and O–H groups in total. The molecule has 3 fully saturated rings. The second kappa shape index (κ2) is 13.3. The molecule has 2 bridgehead atoms. The van der Waals surface area contributed by atoms with Gasteiger partial charge in [-0.05, 0) is 75.6 Å². The number of aliphatic hydroxyl groups is 1. The Morgan fingerprint density at radius 1 is 0.956 bits per heavy atom. The van der Waals surface area contributed by atoms with Crippen molar-refractivity contribution in [3.05, 3.63) is 85.0 Å². The van der Waals surface area contributed by atoms with Crippen molar-refractivity contribution < 1.29 is 24.2 Å². The first-order valence-electron chi connectivity index (χ1n) is 16.3. The number of ether oxygens (including phenoxy) is 1. The van der Waals surface area contributed by atoms with Crippen molar-refractivity contribution in [3.63, 3.8) is 0 Å². The molecule has 3 aliphatic rings. The number of hydrogen-bond donors (Lipinski definition) is 1. The first-order chi connectivity index (χ1) is 21.7. The molecule has 5 rings (SSSR count). The predicted octanol–water partition coefficient (Wildman–Crippen LogP) is 5.36. The van der Waals surface area contributed by atoms with Crippen molar-refractivity contribution in [2.24, 2.45) is 11.8 Å². The van der Waals surface area contributed by atoms with Gasteiger partial charge in [0.25, 0.3) is 5.91 Å². The Morgan fingerprint density at radius 2 is 1.62 bits per heavy atom. The predicted molar refractivity (Wildman–Crippen MR) is 177 cm³/mol. The lowest BCUT2D eigenvalue weighted by atomic mass is 9.64. The van der Waals surface area contributed by atoms with Crippen LogP contribution >= 0.6 is 0 Å². The van der Waals surface area contributed by atoms with Gasteiger partial charge in [-0.1, -0.05) is 55.5 Å². The lowest BCUT2D eigenvalue weighted by Crippen LogP contribution is -2.57. The minimum absolute atomic E-state index is 0.0693. The van der Waals surface area contributed by atoms with Gasteiger partial charge in [-0.15, -0.1) is 13.2 Å². The van der Waals surface area contributed by atoms with Crippen LogP contribution in [-0.4, -0.2) is 71.2 Å². The number of hydrogen-bond acceptors (Lipinski definition) is 5. The molecule has 8 heteroatoms. The van der Waals surface area contributed by atoms with Gasteiger partial charge in [0.1, 0.15) is 11.6 Å². The Balaban J connectivity index is 1.62. The number of unbranched alkanes of at least 4 members (excludes halogenated alkanes) is 2. The first kappa shape index (κ1) is 32.6. The minimum atomic E-state index is -1.13. The Labute approximate surface area is 267 Å². The van der Waals surface area contributed by atoms with Gasteiger partial charge in [0.2, 0.25) is 11.8 Å². The van der Waals surface area contributed by atoms with E-state index in [-0.39, 0.29) is 30.9 Å². The van der Waals surface area contributed by atoms with Gasteiger partial charge in [-0.2, -0.15) is 0 Å². The quantitative estimate of drug-likeness (QED) is 0.229. The van der Waals surface area contributed by atoms with Crippen molar-refractivity contribution in [2.75, 3.05) is 36.0 Å². The minimum Gasteiger partial charge on any atom is -0.396 e. The molecule has 2 unspecified atom stereocenters. The second-order valence-electron chi connectivity index (χ2n) is 12.7. The number of para-hydroxylation sites is 2. The number of nitrogens with zero attached hydrogens (tertiary/aromatic N) is 3. The van der Waals surface area contributed by atoms with Gasteiger partial charge >= 0.3 is 0 Å². The smallest absolute Gasteiger partial charge is 0.253 e. The molecule has 3 heterocycles. The van der Waals surface area contributed by atoms with Crippen molar-refractivity contribution in [3.8, 4) is 0 Å². The lowest BCUT2D eigenvalue weighted by Gasteiger charge is -2.37. The van der Waals surface area contributed by atoms with Gasteiger partial charge in [-0.3, -0.25) is 14.4 Å². The Bertz CT molecular complexity index is 1420. The zero-order chi connectivity index (χ0) is 32.4. The number of amides is 3. The number of benzene rings is 2. The van der Waals surface area contributed by atoms with E-state index < -0.39 is 29.1 Å². The fourth-order valence-corrected chi connectivity index (χ4v) is 8.21. The van der Waals surface area contributed by atoms with Crippen LogP contribution in [0.1, 0.15) is 56.6 Å². The fraction of sp³-hybridized carbons (Fsp3) is 0.486. The summed E-state index contributed by atoms with van der Waals surface area (Å²) < 4.78 is 7.06. The highest BCUT2D eigenvalue weighted by molar-refractivity contribution is 6.07. The molecule has 2 aromatic rings. The van der Waals surface area contributed by atoms with E-state index in [9.17, 15) is 19.5 Å². The summed E-state index contributed by atoms with van der Waals surface area (Å²) in [5, 5.41) is 9.40. The zero-order valence-electron chi connectivity index (χ0n) is 26.9. The van der Waals surface area contributed by atoms with Gasteiger partial charge < -0.3 is 24.5 Å². The normalized spacial score (nSPS) is 26.5. The van der Waals surface area contributed by atoms with E-state index in [2.05, 4.69) is 13.2 Å². The van der Waals surface area contributed by atoms with Crippen LogP contribution < -0.4 is 9.80 Å². The summed E-state index contributed by atoms with van der Waals surface area (Å²) in [6.07, 6.45) is 7.03. The summed E-state index contributed by atoms with van der Waals surface area (Å²) in [5.41, 5.74) is 1.47. The molecule has 1 spiro atoms. The van der Waals surface area contributed by atoms with Crippen molar-refractivity contribution in [1.29, 1.82) is 0 Å². The van der Waals surface area contributed by atoms with Gasteiger partial charge in [-0.25, -0.2) is 0 Å². The summed E-state index contributed by atoms with van der Waals surface area (Å²) in [4.78, 5) is 49.5. The highest BCUT2D eigenvalue weighted by Crippen LogP contribution is 2.65. The Hall–Kier alpha value is -3.75. The maximum absolute atomic E-state index is 15.0. The van der Waals surface area contributed by atoms with Gasteiger partial charge in [0.15, 0.2) is 0 Å². The molecule has 0 saturated carbocycles. The van der Waals surface area contributed by atoms with Crippen molar-refractivity contribution >= 4 is 29.1 Å². The van der Waals surface area contributed by atoms with E-state index in [0.717, 1.165) is 28.9 Å². The summed E-state index contributed by atoms with van der Waals surface area (Å²) >= 11 is 0. The van der Waals surface area contributed by atoms with Crippen LogP contribution in [0, 0.1) is 25.7 Å². The summed E-state index contributed by atoms with van der Waals surface area (Å²) in [6.45, 7) is 14.8. The SMILES string of the molecule is C=CCN(C(=O)[C@@H]1[C@H]2C(=O)N(CCCCCO)C(C(=O)N(CC=C)c3c(C)cccc3C)C23CC[C@@]1(CC)O3)c1ccccc1. The van der Waals surface area contributed by atoms with Crippen LogP contribution in [0.25, 0.3) is 0 Å². The van der Waals surface area contributed by atoms with Crippen molar-refractivity contribution in [2.45, 2.75) is 76.5 Å². The number of carbonyl (C=O) groups is 3. The van der Waals surface area contributed by atoms with E-state index in [0.29, 0.717) is 45.2 Å². The monoisotopic (exact) mass is 613 g/mol. The van der Waals surface area contributed by atoms with Crippen LogP contribution in [0.15, 0.2) is 73.8 Å². The fourth-order valence-electron chi connectivity index (χ4n) is 8.21. The molecule has 3 aliphatic heterocycles. The van der Waals surface area contributed by atoms with Crippen LogP contribution in [0.2, 0.25) is 0 Å². The Morgan fingerprint density at radius 3 is 2.24 bits per heavy atom. The third-order valence-corrected chi connectivity index (χ3v) is 10.2. The van der Waals surface area contributed by atoms with Crippen LogP contribution in [-0.2, 0) is 19.1 Å². The largest absolute Gasteiger partial charge is 0.396 e. The molecule has 3 saturated heterocycles. The topological polar surface area (TPSA) is 90.4 Å². The highest BCUT2D eigenvalue weighted by atomic mass is 16.5. The number of fused-ring (bicyclic) bond motifs is 1. The number of aryl methyl sites for hydroxylation is 2. The van der Waals surface area contributed by atoms with Crippen molar-refractivity contribution in [1.82, 2.24) is 4.90 Å². The van der Waals surface area contributed by atoms with E-state index in [1.54, 1.807) is 26.9 Å². The molecule has 45 heavy (non-hydrogen) atoms. The number of aliphatic hydroxyl groups excluding tert-OH is 1. The Kier molecular flexibility index (Phi) is 9.65. The van der Waals surface area contributed by atoms with Crippen LogP contribution in [0.3, 0.4) is 0 Å². The van der Waals surface area contributed by atoms with E-state index >= 15 is 0 Å². The molecule has 240 valence electrons. The maximum atomic E-state index is 15.0. The molecule has 0 aliphatic carbocycles. The maximum Gasteiger partial charge on any atom is 0.253 e. The van der Waals surface area contributed by atoms with Crippen LogP contribution in [0.5, 0.6) is 0 Å². The van der Waals surface area contributed by atoms with Crippen LogP contribution in [0.4, 0.5) is 11.4 Å². The average molecular weight is 614 g/mol. The van der Waals surface area contributed by atoms with Gasteiger partial charge in [0.05, 0.1) is 17.4 Å². The third kappa shape index (κ3) is 5.42. The molecule has 8 nitrogen and oxygen atoms in total. The average Bonchev–Trinajstić information content (AvgIpc) is 3.64. The highest BCUT2D eigenvalue weighted by Gasteiger charge is 2.79. The number of carbonyl (C=O) groups excluding carboxylic acids is 3. The standard InChI is InChI=1S/C37H47N3O5/c1-6-22-38(28-18-11-9-12-19-28)33(42)29-30-34(43)40(24-13-10-14-25-41)32(37(30)21-20-36(29,8-3)45-37)35(44)39(23-7-2)31-26(4)16-15-17-27(31)5/h6-7,9,11-12,15-19,29-30,32,41H,1-2,8,10,13-14,20-25H2,3-5H3/t29-,30-,32?,36+,37?/m0/s1. The lowest BCUT2D eigenvalue weighted by molar-refractivity contribution is -0.146. The molecule has 5 atom stereocenters. The van der Waals surface area contributed by atoms with E-state index in [1.165, 1.54) is 0 Å². The molecular formula is C37H47N3O5. The summed E-state index contributed by atoms with van der Waals surface area (Å²) in [5.74, 6) is -2.11. The third-order valence-electron chi connectivity index (χ3n) is 10.2. The summed E-state index contributed by atoms with van der Waals surface area (Å²) in [6, 6.07) is 14.5. The number of rotatable bonds is 14.